The fourth-order valence-electron chi connectivity index (χ4n) is 2.77. The number of alkyl halides is 4. The molecule has 1 aliphatic rings. The fraction of sp³-hybridized carbons (Fsp3) is 0.333. The third-order valence-electron chi connectivity index (χ3n) is 4.11. The number of carbonyl (C=O) groups is 1. The molecule has 1 atom stereocenters. The van der Waals surface area contributed by atoms with Gasteiger partial charge < -0.3 is 15.4 Å². The molecule has 0 saturated carbocycles. The molecule has 1 amide bonds. The third-order valence-corrected chi connectivity index (χ3v) is 4.11. The first-order valence-electron chi connectivity index (χ1n) is 8.26. The van der Waals surface area contributed by atoms with E-state index in [2.05, 4.69) is 4.98 Å². The molecule has 0 bridgehead atoms. The number of rotatable bonds is 4. The summed E-state index contributed by atoms with van der Waals surface area (Å²) in [6.45, 7) is 0.235. The van der Waals surface area contributed by atoms with Gasteiger partial charge in [-0.1, -0.05) is 6.07 Å². The summed E-state index contributed by atoms with van der Waals surface area (Å²) in [5.74, 6) is -0.494. The Morgan fingerprint density at radius 3 is 2.70 bits per heavy atom. The second kappa shape index (κ2) is 7.51. The number of hydrogen-bond donors (Lipinski definition) is 1. The van der Waals surface area contributed by atoms with Crippen LogP contribution in [0.25, 0.3) is 0 Å². The van der Waals surface area contributed by atoms with E-state index in [0.29, 0.717) is 6.54 Å². The number of amides is 1. The van der Waals surface area contributed by atoms with Gasteiger partial charge in [-0.25, -0.2) is 9.37 Å². The average Bonchev–Trinajstić information content (AvgIpc) is 3.06. The zero-order chi connectivity index (χ0) is 19.6. The van der Waals surface area contributed by atoms with Crippen molar-refractivity contribution in [3.05, 3.63) is 53.2 Å². The van der Waals surface area contributed by atoms with E-state index in [1.165, 1.54) is 35.2 Å². The van der Waals surface area contributed by atoms with Crippen LogP contribution in [0.1, 0.15) is 28.0 Å². The first-order valence-corrected chi connectivity index (χ1v) is 8.26. The molecule has 0 spiro atoms. The first-order chi connectivity index (χ1) is 12.8. The van der Waals surface area contributed by atoms with Crippen LogP contribution in [-0.4, -0.2) is 35.1 Å². The van der Waals surface area contributed by atoms with Gasteiger partial charge >= 0.3 is 6.18 Å². The number of likely N-dealkylation sites (tertiary alicyclic amines) is 1. The molecule has 1 saturated heterocycles. The molecule has 2 aromatic rings. The summed E-state index contributed by atoms with van der Waals surface area (Å²) in [5, 5.41) is 0. The lowest BCUT2D eigenvalue weighted by Crippen LogP contribution is -2.28. The van der Waals surface area contributed by atoms with Crippen LogP contribution in [-0.2, 0) is 12.7 Å². The molecule has 5 nitrogen and oxygen atoms in total. The van der Waals surface area contributed by atoms with Gasteiger partial charge in [0.05, 0.1) is 6.54 Å². The van der Waals surface area contributed by atoms with Crippen LogP contribution in [0.15, 0.2) is 36.4 Å². The third kappa shape index (κ3) is 4.54. The van der Waals surface area contributed by atoms with Crippen LogP contribution in [0.5, 0.6) is 11.6 Å². The molecule has 0 radical (unpaired) electrons. The summed E-state index contributed by atoms with van der Waals surface area (Å²) in [5.41, 5.74) is 4.80. The summed E-state index contributed by atoms with van der Waals surface area (Å²) in [4.78, 5) is 17.3. The lowest BCUT2D eigenvalue weighted by Gasteiger charge is -2.16. The summed E-state index contributed by atoms with van der Waals surface area (Å²) in [6.07, 6.45) is -5.39. The van der Waals surface area contributed by atoms with E-state index >= 15 is 0 Å². The SMILES string of the molecule is NCc1cc(Oc2cccc(C(=O)N3CCC(F)C3)c2)nc(C(F)(F)F)c1. The van der Waals surface area contributed by atoms with Crippen molar-refractivity contribution in [1.82, 2.24) is 9.88 Å². The van der Waals surface area contributed by atoms with E-state index in [1.54, 1.807) is 0 Å². The van der Waals surface area contributed by atoms with Gasteiger partial charge in [0, 0.05) is 24.7 Å². The lowest BCUT2D eigenvalue weighted by atomic mass is 10.2. The largest absolute Gasteiger partial charge is 0.439 e. The molecule has 1 fully saturated rings. The van der Waals surface area contributed by atoms with Gasteiger partial charge in [0.25, 0.3) is 5.91 Å². The van der Waals surface area contributed by atoms with Gasteiger partial charge in [0.15, 0.2) is 0 Å². The number of nitrogens with zero attached hydrogens (tertiary/aromatic N) is 2. The Kier molecular flexibility index (Phi) is 5.31. The molecular formula is C18H17F4N3O2. The Morgan fingerprint density at radius 2 is 2.07 bits per heavy atom. The van der Waals surface area contributed by atoms with Crippen LogP contribution < -0.4 is 10.5 Å². The second-order valence-electron chi connectivity index (χ2n) is 6.17. The molecular weight excluding hydrogens is 366 g/mol. The van der Waals surface area contributed by atoms with Gasteiger partial charge in [-0.15, -0.1) is 0 Å². The zero-order valence-corrected chi connectivity index (χ0v) is 14.2. The maximum absolute atomic E-state index is 13.3. The molecule has 0 aliphatic carbocycles. The topological polar surface area (TPSA) is 68.5 Å². The summed E-state index contributed by atoms with van der Waals surface area (Å²) in [6, 6.07) is 8.10. The molecule has 27 heavy (non-hydrogen) atoms. The Balaban J connectivity index is 1.83. The highest BCUT2D eigenvalue weighted by Gasteiger charge is 2.33. The summed E-state index contributed by atoms with van der Waals surface area (Å²) < 4.78 is 57.6. The quantitative estimate of drug-likeness (QED) is 0.820. The van der Waals surface area contributed by atoms with E-state index in [0.717, 1.165) is 6.07 Å². The van der Waals surface area contributed by atoms with E-state index in [1.807, 2.05) is 0 Å². The van der Waals surface area contributed by atoms with Gasteiger partial charge in [-0.3, -0.25) is 4.79 Å². The molecule has 1 aromatic heterocycles. The predicted octanol–water partition coefficient (Wildman–Crippen LogP) is 3.54. The Morgan fingerprint density at radius 1 is 1.30 bits per heavy atom. The second-order valence-corrected chi connectivity index (χ2v) is 6.17. The standard InChI is InChI=1S/C18H17F4N3O2/c19-13-4-5-25(10-13)17(26)12-2-1-3-14(8-12)27-16-7-11(9-23)6-15(24-16)18(20,21)22/h1-3,6-8,13H,4-5,9-10,23H2. The average molecular weight is 383 g/mol. The molecule has 2 N–H and O–H groups in total. The maximum atomic E-state index is 13.3. The van der Waals surface area contributed by atoms with Crippen molar-refractivity contribution in [3.8, 4) is 11.6 Å². The number of benzene rings is 1. The van der Waals surface area contributed by atoms with Gasteiger partial charge in [-0.2, -0.15) is 13.2 Å². The van der Waals surface area contributed by atoms with Crippen molar-refractivity contribution in [1.29, 1.82) is 0 Å². The Bertz CT molecular complexity index is 842. The smallest absolute Gasteiger partial charge is 0.433 e. The highest BCUT2D eigenvalue weighted by atomic mass is 19.4. The van der Waals surface area contributed by atoms with Gasteiger partial charge in [0.1, 0.15) is 17.6 Å². The minimum Gasteiger partial charge on any atom is -0.439 e. The van der Waals surface area contributed by atoms with Crippen molar-refractivity contribution in [3.63, 3.8) is 0 Å². The summed E-state index contributed by atoms with van der Waals surface area (Å²) >= 11 is 0. The molecule has 9 heteroatoms. The van der Waals surface area contributed by atoms with Crippen LogP contribution in [0, 0.1) is 0 Å². The van der Waals surface area contributed by atoms with Crippen molar-refractivity contribution >= 4 is 5.91 Å². The number of pyridine rings is 1. The zero-order valence-electron chi connectivity index (χ0n) is 14.2. The normalized spacial score (nSPS) is 17.2. The lowest BCUT2D eigenvalue weighted by molar-refractivity contribution is -0.141. The number of hydrogen-bond acceptors (Lipinski definition) is 4. The Labute approximate surface area is 152 Å². The van der Waals surface area contributed by atoms with Crippen LogP contribution in [0.3, 0.4) is 0 Å². The molecule has 1 unspecified atom stereocenters. The van der Waals surface area contributed by atoms with E-state index < -0.39 is 18.0 Å². The molecule has 2 heterocycles. The van der Waals surface area contributed by atoms with Crippen molar-refractivity contribution in [2.24, 2.45) is 5.73 Å². The van der Waals surface area contributed by atoms with Crippen LogP contribution in [0.2, 0.25) is 0 Å². The number of carbonyl (C=O) groups excluding carboxylic acids is 1. The predicted molar refractivity (Wildman–Crippen MR) is 89.1 cm³/mol. The van der Waals surface area contributed by atoms with E-state index in [4.69, 9.17) is 10.5 Å². The number of aromatic nitrogens is 1. The highest BCUT2D eigenvalue weighted by molar-refractivity contribution is 5.94. The first kappa shape index (κ1) is 19.1. The number of ether oxygens (including phenoxy) is 1. The minimum absolute atomic E-state index is 0.0267. The van der Waals surface area contributed by atoms with E-state index in [-0.39, 0.29) is 48.2 Å². The van der Waals surface area contributed by atoms with Crippen molar-refractivity contribution in [2.75, 3.05) is 13.1 Å². The van der Waals surface area contributed by atoms with Gasteiger partial charge in [-0.05, 0) is 36.2 Å². The number of nitrogens with two attached hydrogens (primary N) is 1. The van der Waals surface area contributed by atoms with Crippen LogP contribution >= 0.6 is 0 Å². The van der Waals surface area contributed by atoms with Crippen LogP contribution in [0.4, 0.5) is 17.6 Å². The highest BCUT2D eigenvalue weighted by Crippen LogP contribution is 2.31. The molecule has 1 aliphatic heterocycles. The monoisotopic (exact) mass is 383 g/mol. The van der Waals surface area contributed by atoms with Crippen molar-refractivity contribution in [2.45, 2.75) is 25.3 Å². The fourth-order valence-corrected chi connectivity index (χ4v) is 2.77. The number of halogens is 4. The maximum Gasteiger partial charge on any atom is 0.433 e. The summed E-state index contributed by atoms with van der Waals surface area (Å²) in [7, 11) is 0. The molecule has 3 rings (SSSR count). The minimum atomic E-state index is -4.64. The molecule has 144 valence electrons. The molecule has 1 aromatic carbocycles. The van der Waals surface area contributed by atoms with E-state index in [9.17, 15) is 22.4 Å². The Hall–Kier alpha value is -2.68. The van der Waals surface area contributed by atoms with Crippen molar-refractivity contribution < 1.29 is 27.1 Å². The van der Waals surface area contributed by atoms with Gasteiger partial charge in [0.2, 0.25) is 5.88 Å².